The second kappa shape index (κ2) is 4.74. The quantitative estimate of drug-likeness (QED) is 0.606. The van der Waals surface area contributed by atoms with Crippen molar-refractivity contribution in [2.75, 3.05) is 14.2 Å². The van der Waals surface area contributed by atoms with E-state index in [0.29, 0.717) is 17.2 Å². The molecule has 1 heterocycles. The molecule has 0 amide bonds. The van der Waals surface area contributed by atoms with Gasteiger partial charge in [-0.2, -0.15) is 0 Å². The zero-order chi connectivity index (χ0) is 13.1. The van der Waals surface area contributed by atoms with E-state index in [9.17, 15) is 10.1 Å². The van der Waals surface area contributed by atoms with Crippen molar-refractivity contribution in [3.8, 4) is 17.2 Å². The molecule has 2 rings (SSSR count). The van der Waals surface area contributed by atoms with E-state index in [1.807, 2.05) is 0 Å². The van der Waals surface area contributed by atoms with Crippen molar-refractivity contribution >= 4 is 5.82 Å². The minimum atomic E-state index is -0.555. The summed E-state index contributed by atoms with van der Waals surface area (Å²) in [5.74, 6) is 0.743. The van der Waals surface area contributed by atoms with Crippen molar-refractivity contribution < 1.29 is 14.4 Å². The van der Waals surface area contributed by atoms with E-state index in [-0.39, 0.29) is 5.82 Å². The summed E-state index contributed by atoms with van der Waals surface area (Å²) in [5, 5.41) is 10.5. The fourth-order valence-electron chi connectivity index (χ4n) is 1.46. The number of rotatable bonds is 4. The molecule has 0 spiro atoms. The summed E-state index contributed by atoms with van der Waals surface area (Å²) >= 11 is 0. The highest BCUT2D eigenvalue weighted by atomic mass is 16.6. The molecule has 7 heteroatoms. The summed E-state index contributed by atoms with van der Waals surface area (Å²) in [6.45, 7) is 0. The smallest absolute Gasteiger partial charge is 0.381 e. The molecule has 0 fully saturated rings. The Hall–Kier alpha value is -2.57. The Morgan fingerprint density at radius 3 is 2.78 bits per heavy atom. The minimum absolute atomic E-state index is 0.218. The Morgan fingerprint density at radius 2 is 2.22 bits per heavy atom. The van der Waals surface area contributed by atoms with Gasteiger partial charge in [-0.15, -0.1) is 0 Å². The van der Waals surface area contributed by atoms with Gasteiger partial charge in [-0.1, -0.05) is 0 Å². The molecule has 0 unspecified atom stereocenters. The number of aromatic nitrogens is 2. The maximum atomic E-state index is 10.5. The molecule has 93 valence electrons. The first-order valence-electron chi connectivity index (χ1n) is 4.98. The van der Waals surface area contributed by atoms with Gasteiger partial charge < -0.3 is 19.6 Å². The molecule has 0 aliphatic carbocycles. The van der Waals surface area contributed by atoms with Crippen LogP contribution < -0.4 is 9.47 Å². The molecule has 0 saturated heterocycles. The van der Waals surface area contributed by atoms with Crippen LogP contribution in [0.15, 0.2) is 24.7 Å². The average Bonchev–Trinajstić information content (AvgIpc) is 2.87. The first-order valence-corrected chi connectivity index (χ1v) is 4.98. The van der Waals surface area contributed by atoms with Gasteiger partial charge in [0.2, 0.25) is 6.33 Å². The Labute approximate surface area is 103 Å². The van der Waals surface area contributed by atoms with Crippen molar-refractivity contribution in [3.63, 3.8) is 0 Å². The van der Waals surface area contributed by atoms with E-state index in [1.54, 1.807) is 12.1 Å². The van der Waals surface area contributed by atoms with E-state index in [0.717, 1.165) is 0 Å². The summed E-state index contributed by atoms with van der Waals surface area (Å²) in [6.07, 6.45) is 2.67. The molecular formula is C11H10N3O4. The molecular weight excluding hydrogens is 238 g/mol. The van der Waals surface area contributed by atoms with Gasteiger partial charge in [0.1, 0.15) is 6.20 Å². The molecule has 1 aromatic heterocycles. The molecule has 0 N–H and O–H groups in total. The Morgan fingerprint density at radius 1 is 1.44 bits per heavy atom. The van der Waals surface area contributed by atoms with Crippen LogP contribution in [0.3, 0.4) is 0 Å². The molecule has 0 atom stereocenters. The molecule has 0 saturated carbocycles. The highest BCUT2D eigenvalue weighted by Gasteiger charge is 2.12. The third-order valence-corrected chi connectivity index (χ3v) is 2.33. The third-order valence-electron chi connectivity index (χ3n) is 2.33. The topological polar surface area (TPSA) is 79.4 Å². The van der Waals surface area contributed by atoms with Gasteiger partial charge in [0.25, 0.3) is 0 Å². The van der Waals surface area contributed by atoms with Crippen LogP contribution in [0.5, 0.6) is 11.5 Å². The number of methoxy groups -OCH3 is 2. The molecule has 18 heavy (non-hydrogen) atoms. The third kappa shape index (κ3) is 2.10. The monoisotopic (exact) mass is 248 g/mol. The van der Waals surface area contributed by atoms with Gasteiger partial charge in [-0.3, -0.25) is 4.57 Å². The molecule has 7 nitrogen and oxygen atoms in total. The number of hydrogen-bond acceptors (Lipinski definition) is 5. The molecule has 0 aliphatic rings. The highest BCUT2D eigenvalue weighted by Crippen LogP contribution is 2.28. The van der Waals surface area contributed by atoms with Crippen molar-refractivity contribution in [2.24, 2.45) is 0 Å². The average molecular weight is 248 g/mol. The predicted molar refractivity (Wildman–Crippen MR) is 62.2 cm³/mol. The second-order valence-corrected chi connectivity index (χ2v) is 3.36. The highest BCUT2D eigenvalue weighted by molar-refractivity contribution is 5.48. The summed E-state index contributed by atoms with van der Waals surface area (Å²) in [4.78, 5) is 13.7. The van der Waals surface area contributed by atoms with Gasteiger partial charge in [0.15, 0.2) is 11.5 Å². The van der Waals surface area contributed by atoms with Crippen LogP contribution in [-0.4, -0.2) is 28.7 Å². The lowest BCUT2D eigenvalue weighted by Gasteiger charge is -2.08. The van der Waals surface area contributed by atoms with Gasteiger partial charge >= 0.3 is 5.82 Å². The number of imidazole rings is 1. The van der Waals surface area contributed by atoms with E-state index < -0.39 is 4.92 Å². The molecule has 2 aromatic rings. The normalized spacial score (nSPS) is 10.1. The zero-order valence-electron chi connectivity index (χ0n) is 9.78. The van der Waals surface area contributed by atoms with E-state index >= 15 is 0 Å². The Kier molecular flexibility index (Phi) is 3.13. The Balaban J connectivity index is 2.41. The largest absolute Gasteiger partial charge is 0.493 e. The van der Waals surface area contributed by atoms with Crippen molar-refractivity contribution in [2.45, 2.75) is 0 Å². The number of hydrogen-bond donors (Lipinski definition) is 0. The predicted octanol–water partition coefficient (Wildman–Crippen LogP) is 1.60. The van der Waals surface area contributed by atoms with Crippen LogP contribution in [0, 0.1) is 16.2 Å². The first-order chi connectivity index (χ1) is 8.65. The van der Waals surface area contributed by atoms with Crippen molar-refractivity contribution in [3.05, 3.63) is 40.8 Å². The molecule has 1 radical (unpaired) electrons. The van der Waals surface area contributed by atoms with E-state index in [1.165, 1.54) is 31.3 Å². The SMILES string of the molecule is COc1[c]cc(-n2cnc([N+](=O)[O-])c2)cc1OC. The van der Waals surface area contributed by atoms with Crippen LogP contribution >= 0.6 is 0 Å². The van der Waals surface area contributed by atoms with Gasteiger partial charge in [-0.25, -0.2) is 0 Å². The van der Waals surface area contributed by atoms with Crippen molar-refractivity contribution in [1.29, 1.82) is 0 Å². The molecule has 1 aromatic carbocycles. The van der Waals surface area contributed by atoms with Gasteiger partial charge in [-0.05, 0) is 16.0 Å². The summed E-state index contributed by atoms with van der Waals surface area (Å²) in [5.41, 5.74) is 0.647. The van der Waals surface area contributed by atoms with Crippen LogP contribution in [-0.2, 0) is 0 Å². The fraction of sp³-hybridized carbons (Fsp3) is 0.182. The van der Waals surface area contributed by atoms with Crippen LogP contribution in [0.25, 0.3) is 5.69 Å². The fourth-order valence-corrected chi connectivity index (χ4v) is 1.46. The summed E-state index contributed by atoms with van der Waals surface area (Å²) < 4.78 is 11.7. The first kappa shape index (κ1) is 11.9. The van der Waals surface area contributed by atoms with Crippen molar-refractivity contribution in [1.82, 2.24) is 9.55 Å². The molecule has 0 bridgehead atoms. The van der Waals surface area contributed by atoms with Gasteiger partial charge in [0, 0.05) is 12.1 Å². The standard InChI is InChI=1S/C11H10N3O4/c1-17-9-4-3-8(5-10(9)18-2)13-6-11(12-7-13)14(15)16/h3,5-7H,1-2H3. The summed E-state index contributed by atoms with van der Waals surface area (Å²) in [7, 11) is 3.02. The van der Waals surface area contributed by atoms with Crippen LogP contribution in [0.4, 0.5) is 5.82 Å². The number of nitrogens with zero attached hydrogens (tertiary/aromatic N) is 3. The number of ether oxygens (including phenoxy) is 2. The van der Waals surface area contributed by atoms with E-state index in [4.69, 9.17) is 9.47 Å². The Bertz CT molecular complexity index is 579. The lowest BCUT2D eigenvalue weighted by Crippen LogP contribution is -1.95. The number of benzene rings is 1. The van der Waals surface area contributed by atoms with Crippen LogP contribution in [0.2, 0.25) is 0 Å². The summed E-state index contributed by atoms with van der Waals surface area (Å²) in [6, 6.07) is 6.19. The maximum Gasteiger partial charge on any atom is 0.381 e. The lowest BCUT2D eigenvalue weighted by atomic mass is 10.2. The maximum absolute atomic E-state index is 10.5. The zero-order valence-corrected chi connectivity index (χ0v) is 9.78. The lowest BCUT2D eigenvalue weighted by molar-refractivity contribution is -0.389. The van der Waals surface area contributed by atoms with Crippen LogP contribution in [0.1, 0.15) is 0 Å². The molecule has 0 aliphatic heterocycles. The second-order valence-electron chi connectivity index (χ2n) is 3.36. The minimum Gasteiger partial charge on any atom is -0.493 e. The van der Waals surface area contributed by atoms with Gasteiger partial charge in [0.05, 0.1) is 19.9 Å². The van der Waals surface area contributed by atoms with E-state index in [2.05, 4.69) is 11.1 Å². The number of nitro groups is 1.